The van der Waals surface area contributed by atoms with Gasteiger partial charge in [0.1, 0.15) is 0 Å². The van der Waals surface area contributed by atoms with E-state index < -0.39 is 11.9 Å². The number of hydrogen-bond acceptors (Lipinski definition) is 1. The fraction of sp³-hybridized carbons (Fsp3) is 0.133. The molecule has 88 valence electrons. The predicted molar refractivity (Wildman–Crippen MR) is 70.6 cm³/mol. The number of rotatable bonds is 5. The van der Waals surface area contributed by atoms with Crippen molar-refractivity contribution in [1.82, 2.24) is 0 Å². The molecule has 0 radical (unpaired) electrons. The summed E-state index contributed by atoms with van der Waals surface area (Å²) >= 11 is 0. The maximum atomic E-state index is 11.0. The van der Waals surface area contributed by atoms with Crippen molar-refractivity contribution in [3.8, 4) is 0 Å². The quantitative estimate of drug-likeness (QED) is 0.783. The highest BCUT2D eigenvalue weighted by atomic mass is 16.4. The van der Waals surface area contributed by atoms with Crippen molar-refractivity contribution in [3.63, 3.8) is 0 Å². The van der Waals surface area contributed by atoms with Crippen molar-refractivity contribution in [2.24, 2.45) is 5.92 Å². The average Bonchev–Trinajstić information content (AvgIpc) is 2.35. The van der Waals surface area contributed by atoms with E-state index in [1.165, 1.54) is 0 Å². The second kappa shape index (κ2) is 6.48. The molecule has 0 bridgehead atoms. The summed E-state index contributed by atoms with van der Waals surface area (Å²) in [4.78, 5) is 11.0. The minimum Gasteiger partial charge on any atom is -0.481 e. The lowest BCUT2D eigenvalue weighted by atomic mass is 10.0. The molecule has 1 rings (SSSR count). The summed E-state index contributed by atoms with van der Waals surface area (Å²) in [6, 6.07) is 9.62. The highest BCUT2D eigenvalue weighted by Gasteiger charge is 2.09. The fourth-order valence-corrected chi connectivity index (χ4v) is 1.34. The smallest absolute Gasteiger partial charge is 0.314 e. The van der Waals surface area contributed by atoms with Gasteiger partial charge in [-0.15, -0.1) is 0 Å². The minimum absolute atomic E-state index is 0.617. The van der Waals surface area contributed by atoms with E-state index in [-0.39, 0.29) is 0 Å². The first-order valence-electron chi connectivity index (χ1n) is 5.40. The third-order valence-corrected chi connectivity index (χ3v) is 2.35. The van der Waals surface area contributed by atoms with E-state index in [0.717, 1.165) is 11.1 Å². The third kappa shape index (κ3) is 4.51. The lowest BCUT2D eigenvalue weighted by Crippen LogP contribution is -2.08. The first kappa shape index (κ1) is 13.0. The molecule has 2 nitrogen and oxygen atoms in total. The molecule has 17 heavy (non-hydrogen) atoms. The van der Waals surface area contributed by atoms with Crippen molar-refractivity contribution in [2.45, 2.75) is 6.92 Å². The molecule has 0 heterocycles. The standard InChI is InChI=1S/C15H16O2/c1-3-12(2)11-14(15(16)17)10-9-13-7-5-4-6-8-13/h3-11,14H,1H2,2H3,(H,16,17). The van der Waals surface area contributed by atoms with Gasteiger partial charge in [-0.3, -0.25) is 4.79 Å². The van der Waals surface area contributed by atoms with E-state index in [9.17, 15) is 4.79 Å². The van der Waals surface area contributed by atoms with Gasteiger partial charge in [0.2, 0.25) is 0 Å². The molecular weight excluding hydrogens is 212 g/mol. The Hall–Kier alpha value is -2.09. The van der Waals surface area contributed by atoms with Crippen molar-refractivity contribution in [3.05, 3.63) is 66.3 Å². The molecule has 1 unspecified atom stereocenters. The Kier molecular flexibility index (Phi) is 4.95. The molecule has 1 N–H and O–H groups in total. The van der Waals surface area contributed by atoms with Crippen LogP contribution >= 0.6 is 0 Å². The second-order valence-electron chi connectivity index (χ2n) is 3.75. The number of hydrogen-bond donors (Lipinski definition) is 1. The maximum absolute atomic E-state index is 11.0. The molecule has 2 heteroatoms. The summed E-state index contributed by atoms with van der Waals surface area (Å²) in [5, 5.41) is 9.07. The Morgan fingerprint density at radius 3 is 2.53 bits per heavy atom. The van der Waals surface area contributed by atoms with Gasteiger partial charge < -0.3 is 5.11 Å². The molecule has 1 atom stereocenters. The van der Waals surface area contributed by atoms with Crippen LogP contribution in [0.4, 0.5) is 0 Å². The Morgan fingerprint density at radius 2 is 2.00 bits per heavy atom. The fourth-order valence-electron chi connectivity index (χ4n) is 1.34. The molecule has 1 aromatic rings. The monoisotopic (exact) mass is 228 g/mol. The zero-order valence-electron chi connectivity index (χ0n) is 9.84. The number of carbonyl (C=O) groups is 1. The Balaban J connectivity index is 2.85. The van der Waals surface area contributed by atoms with Crippen molar-refractivity contribution >= 4 is 12.0 Å². The van der Waals surface area contributed by atoms with E-state index >= 15 is 0 Å². The van der Waals surface area contributed by atoms with Crippen LogP contribution < -0.4 is 0 Å². The van der Waals surface area contributed by atoms with Crippen LogP contribution in [0.1, 0.15) is 12.5 Å². The minimum atomic E-state index is -0.863. The van der Waals surface area contributed by atoms with Crippen LogP contribution in [0.15, 0.2) is 60.7 Å². The van der Waals surface area contributed by atoms with E-state index in [4.69, 9.17) is 5.11 Å². The third-order valence-electron chi connectivity index (χ3n) is 2.35. The van der Waals surface area contributed by atoms with Crippen LogP contribution in [-0.4, -0.2) is 11.1 Å². The normalized spacial score (nSPS) is 13.6. The van der Waals surface area contributed by atoms with E-state index in [1.807, 2.05) is 43.3 Å². The van der Waals surface area contributed by atoms with Gasteiger partial charge in [0.25, 0.3) is 0 Å². The lowest BCUT2D eigenvalue weighted by molar-refractivity contribution is -0.138. The second-order valence-corrected chi connectivity index (χ2v) is 3.75. The summed E-state index contributed by atoms with van der Waals surface area (Å²) in [5.74, 6) is -1.48. The first-order chi connectivity index (χ1) is 8.13. The van der Waals surface area contributed by atoms with Gasteiger partial charge in [-0.2, -0.15) is 0 Å². The van der Waals surface area contributed by atoms with Gasteiger partial charge in [0.15, 0.2) is 0 Å². The topological polar surface area (TPSA) is 37.3 Å². The number of carboxylic acids is 1. The Labute approximate surface area is 102 Å². The van der Waals surface area contributed by atoms with Crippen molar-refractivity contribution in [2.75, 3.05) is 0 Å². The van der Waals surface area contributed by atoms with E-state index in [2.05, 4.69) is 6.58 Å². The van der Waals surface area contributed by atoms with E-state index in [0.29, 0.717) is 0 Å². The molecule has 1 aromatic carbocycles. The van der Waals surface area contributed by atoms with Crippen LogP contribution in [0, 0.1) is 5.92 Å². The first-order valence-corrected chi connectivity index (χ1v) is 5.40. The van der Waals surface area contributed by atoms with E-state index in [1.54, 1.807) is 18.2 Å². The van der Waals surface area contributed by atoms with Crippen molar-refractivity contribution < 1.29 is 9.90 Å². The maximum Gasteiger partial charge on any atom is 0.314 e. The molecule has 0 aliphatic heterocycles. The molecule has 0 amide bonds. The van der Waals surface area contributed by atoms with Crippen molar-refractivity contribution in [1.29, 1.82) is 0 Å². The molecule has 0 aliphatic rings. The summed E-state index contributed by atoms with van der Waals surface area (Å²) in [6.45, 7) is 5.44. The molecular formula is C15H16O2. The Morgan fingerprint density at radius 1 is 1.35 bits per heavy atom. The van der Waals surface area contributed by atoms with Gasteiger partial charge >= 0.3 is 5.97 Å². The number of carboxylic acid groups (broad SMARTS) is 1. The van der Waals surface area contributed by atoms with Gasteiger partial charge in [-0.25, -0.2) is 0 Å². The summed E-state index contributed by atoms with van der Waals surface area (Å²) in [5.41, 5.74) is 1.85. The molecule has 0 fully saturated rings. The van der Waals surface area contributed by atoms with Gasteiger partial charge in [-0.1, -0.05) is 66.8 Å². The molecule has 0 aromatic heterocycles. The van der Waals surface area contributed by atoms with Gasteiger partial charge in [0.05, 0.1) is 5.92 Å². The zero-order valence-corrected chi connectivity index (χ0v) is 9.84. The molecule has 0 saturated heterocycles. The summed E-state index contributed by atoms with van der Waals surface area (Å²) in [6.07, 6.45) is 6.80. The van der Waals surface area contributed by atoms with Crippen LogP contribution in [0.2, 0.25) is 0 Å². The van der Waals surface area contributed by atoms with Crippen LogP contribution in [0.3, 0.4) is 0 Å². The lowest BCUT2D eigenvalue weighted by Gasteiger charge is -2.02. The largest absolute Gasteiger partial charge is 0.481 e. The van der Waals surface area contributed by atoms with Crippen LogP contribution in [0.25, 0.3) is 6.08 Å². The SMILES string of the molecule is C=CC(C)=CC(C=Cc1ccccc1)C(=O)O. The molecule has 0 aliphatic carbocycles. The highest BCUT2D eigenvalue weighted by molar-refractivity contribution is 5.76. The van der Waals surface area contributed by atoms with Gasteiger partial charge in [-0.05, 0) is 12.5 Å². The molecule has 0 spiro atoms. The van der Waals surface area contributed by atoms with Gasteiger partial charge in [0, 0.05) is 0 Å². The summed E-state index contributed by atoms with van der Waals surface area (Å²) < 4.78 is 0. The average molecular weight is 228 g/mol. The number of allylic oxidation sites excluding steroid dienone is 2. The van der Waals surface area contributed by atoms with Crippen LogP contribution in [0.5, 0.6) is 0 Å². The highest BCUT2D eigenvalue weighted by Crippen LogP contribution is 2.10. The molecule has 0 saturated carbocycles. The number of benzene rings is 1. The zero-order chi connectivity index (χ0) is 12.7. The summed E-state index contributed by atoms with van der Waals surface area (Å²) in [7, 11) is 0. The Bertz CT molecular complexity index is 441. The number of aliphatic carboxylic acids is 1. The predicted octanol–water partition coefficient (Wildman–Crippen LogP) is 3.53. The van der Waals surface area contributed by atoms with Crippen LogP contribution in [-0.2, 0) is 4.79 Å².